The second-order valence-electron chi connectivity index (χ2n) is 3.10. The molecule has 0 saturated heterocycles. The predicted octanol–water partition coefficient (Wildman–Crippen LogP) is 5.00. The molecule has 0 aromatic heterocycles. The summed E-state index contributed by atoms with van der Waals surface area (Å²) >= 11 is 0. The largest absolute Gasteiger partial charge is 0.107 e. The molecule has 1 rings (SSSR count). The Balaban J connectivity index is 0.00000121. The van der Waals surface area contributed by atoms with Crippen molar-refractivity contribution in [3.05, 3.63) is 40.3 Å². The molecule has 0 aliphatic rings. The van der Waals surface area contributed by atoms with Gasteiger partial charge in [0.05, 0.1) is 0 Å². The zero-order valence-electron chi connectivity index (χ0n) is 10.8. The monoisotopic (exact) mass is 229 g/mol. The molecule has 17 heavy (non-hydrogen) atoms. The molecule has 0 aliphatic carbocycles. The Morgan fingerprint density at radius 2 is 2.00 bits per heavy atom. The van der Waals surface area contributed by atoms with Gasteiger partial charge in [-0.25, -0.2) is 0 Å². The average molecular weight is 229 g/mol. The van der Waals surface area contributed by atoms with Gasteiger partial charge in [-0.15, -0.1) is 11.8 Å². The molecule has 0 aliphatic heterocycles. The van der Waals surface area contributed by atoms with Gasteiger partial charge in [-0.3, -0.25) is 0 Å². The first-order chi connectivity index (χ1) is 8.38. The average Bonchev–Trinajstić information content (AvgIpc) is 2.39. The summed E-state index contributed by atoms with van der Waals surface area (Å²) < 4.78 is 0. The van der Waals surface area contributed by atoms with Crippen LogP contribution < -0.4 is 0 Å². The van der Waals surface area contributed by atoms with Crippen LogP contribution in [0.2, 0.25) is 0 Å². The van der Waals surface area contributed by atoms with Crippen LogP contribution in [0.25, 0.3) is 10.4 Å². The van der Waals surface area contributed by atoms with Crippen LogP contribution in [0.1, 0.15) is 39.2 Å². The van der Waals surface area contributed by atoms with Gasteiger partial charge in [-0.2, -0.15) is 0 Å². The summed E-state index contributed by atoms with van der Waals surface area (Å²) in [4.78, 5) is 2.81. The van der Waals surface area contributed by atoms with Crippen LogP contribution in [-0.4, -0.2) is 0 Å². The summed E-state index contributed by atoms with van der Waals surface area (Å²) in [5.41, 5.74) is 10.2. The van der Waals surface area contributed by atoms with E-state index in [9.17, 15) is 0 Å². The smallest absolute Gasteiger partial charge is 0.0407 e. The van der Waals surface area contributed by atoms with E-state index in [4.69, 9.17) is 5.53 Å². The minimum atomic E-state index is 0.726. The first-order valence-electron chi connectivity index (χ1n) is 5.91. The van der Waals surface area contributed by atoms with Crippen molar-refractivity contribution in [2.75, 3.05) is 0 Å². The van der Waals surface area contributed by atoms with Gasteiger partial charge in [0, 0.05) is 17.0 Å². The number of benzene rings is 1. The lowest BCUT2D eigenvalue weighted by atomic mass is 10.1. The predicted molar refractivity (Wildman–Crippen MR) is 73.0 cm³/mol. The zero-order chi connectivity index (χ0) is 12.9. The highest BCUT2D eigenvalue weighted by atomic mass is 15.1. The molecule has 0 N–H and O–H groups in total. The molecule has 3 heteroatoms. The third-order valence-corrected chi connectivity index (χ3v) is 2.07. The number of hydrogen-bond acceptors (Lipinski definition) is 1. The number of nitrogens with zero attached hydrogens (tertiary/aromatic N) is 3. The quantitative estimate of drug-likeness (QED) is 0.229. The number of hydrogen-bond donors (Lipinski definition) is 0. The van der Waals surface area contributed by atoms with Crippen LogP contribution in [0.5, 0.6) is 0 Å². The van der Waals surface area contributed by atoms with Gasteiger partial charge in [0.2, 0.25) is 0 Å². The standard InChI is InChI=1S/C12H13N3.C2H6/c1-2-3-4-5-8-11-9-6-7-10-12(11)14-15-13;1-2/h6-7,9-10H,4-5,8H2,1H3;1-2H3. The number of aryl methyl sites for hydroxylation is 1. The fraction of sp³-hybridized carbons (Fsp3) is 0.429. The summed E-state index contributed by atoms with van der Waals surface area (Å²) in [6.07, 6.45) is 2.80. The molecule has 0 saturated carbocycles. The van der Waals surface area contributed by atoms with Crippen LogP contribution in [0.4, 0.5) is 5.69 Å². The summed E-state index contributed by atoms with van der Waals surface area (Å²) in [6, 6.07) is 7.65. The summed E-state index contributed by atoms with van der Waals surface area (Å²) in [5, 5.41) is 3.65. The van der Waals surface area contributed by atoms with Crippen molar-refractivity contribution in [2.24, 2.45) is 5.11 Å². The van der Waals surface area contributed by atoms with Crippen molar-refractivity contribution in [1.29, 1.82) is 0 Å². The van der Waals surface area contributed by atoms with Crippen LogP contribution in [0.15, 0.2) is 29.4 Å². The van der Waals surface area contributed by atoms with E-state index in [1.165, 1.54) is 0 Å². The summed E-state index contributed by atoms with van der Waals surface area (Å²) in [7, 11) is 0. The lowest BCUT2D eigenvalue weighted by Crippen LogP contribution is -1.84. The maximum absolute atomic E-state index is 8.39. The molecule has 0 bridgehead atoms. The maximum atomic E-state index is 8.39. The second-order valence-corrected chi connectivity index (χ2v) is 3.10. The van der Waals surface area contributed by atoms with E-state index in [0.717, 1.165) is 30.5 Å². The van der Waals surface area contributed by atoms with Crippen LogP contribution in [-0.2, 0) is 6.42 Å². The van der Waals surface area contributed by atoms with Crippen molar-refractivity contribution in [3.63, 3.8) is 0 Å². The first kappa shape index (κ1) is 15.1. The van der Waals surface area contributed by atoms with Gasteiger partial charge >= 0.3 is 0 Å². The van der Waals surface area contributed by atoms with Gasteiger partial charge in [-0.05, 0) is 30.9 Å². The molecule has 0 heterocycles. The first-order valence-corrected chi connectivity index (χ1v) is 5.91. The molecule has 0 unspecified atom stereocenters. The van der Waals surface area contributed by atoms with Crippen molar-refractivity contribution in [2.45, 2.75) is 40.0 Å². The molecule has 0 atom stereocenters. The fourth-order valence-corrected chi connectivity index (χ4v) is 1.36. The molecule has 0 spiro atoms. The SMILES string of the molecule is CC.CC#CCCCc1ccccc1N=[N+]=[N-]. The Labute approximate surface area is 103 Å². The summed E-state index contributed by atoms with van der Waals surface area (Å²) in [5.74, 6) is 5.88. The van der Waals surface area contributed by atoms with E-state index in [-0.39, 0.29) is 0 Å². The molecule has 0 amide bonds. The van der Waals surface area contributed by atoms with Crippen molar-refractivity contribution in [1.82, 2.24) is 0 Å². The Bertz CT molecular complexity index is 421. The Morgan fingerprint density at radius 3 is 2.65 bits per heavy atom. The molecule has 3 nitrogen and oxygen atoms in total. The molecule has 1 aromatic rings. The molecular formula is C14H19N3. The minimum absolute atomic E-state index is 0.726. The Hall–Kier alpha value is -1.91. The topological polar surface area (TPSA) is 48.8 Å². The third-order valence-electron chi connectivity index (χ3n) is 2.07. The number of unbranched alkanes of at least 4 members (excludes halogenated alkanes) is 1. The van der Waals surface area contributed by atoms with Gasteiger partial charge in [0.25, 0.3) is 0 Å². The van der Waals surface area contributed by atoms with Gasteiger partial charge in [-0.1, -0.05) is 43.2 Å². The van der Waals surface area contributed by atoms with E-state index in [0.29, 0.717) is 0 Å². The maximum Gasteiger partial charge on any atom is 0.0407 e. The third kappa shape index (κ3) is 6.29. The van der Waals surface area contributed by atoms with E-state index in [1.807, 2.05) is 45.0 Å². The van der Waals surface area contributed by atoms with Crippen LogP contribution in [0.3, 0.4) is 0 Å². The summed E-state index contributed by atoms with van der Waals surface area (Å²) in [6.45, 7) is 5.84. The van der Waals surface area contributed by atoms with Gasteiger partial charge in [0.15, 0.2) is 0 Å². The lowest BCUT2D eigenvalue weighted by Gasteiger charge is -2.02. The van der Waals surface area contributed by atoms with E-state index < -0.39 is 0 Å². The van der Waals surface area contributed by atoms with Crippen molar-refractivity contribution in [3.8, 4) is 11.8 Å². The highest BCUT2D eigenvalue weighted by Crippen LogP contribution is 2.20. The van der Waals surface area contributed by atoms with Gasteiger partial charge in [0.1, 0.15) is 0 Å². The Morgan fingerprint density at radius 1 is 1.29 bits per heavy atom. The van der Waals surface area contributed by atoms with Crippen LogP contribution in [0, 0.1) is 11.8 Å². The minimum Gasteiger partial charge on any atom is -0.107 e. The molecule has 90 valence electrons. The zero-order valence-corrected chi connectivity index (χ0v) is 10.8. The second kappa shape index (κ2) is 10.6. The molecule has 1 aromatic carbocycles. The normalized spacial score (nSPS) is 7.94. The molecular weight excluding hydrogens is 210 g/mol. The lowest BCUT2D eigenvalue weighted by molar-refractivity contribution is 0.857. The van der Waals surface area contributed by atoms with E-state index in [2.05, 4.69) is 21.9 Å². The Kier molecular flexibility index (Phi) is 9.41. The number of rotatable bonds is 4. The fourth-order valence-electron chi connectivity index (χ4n) is 1.36. The molecule has 0 fully saturated rings. The van der Waals surface area contributed by atoms with Crippen molar-refractivity contribution < 1.29 is 0 Å². The highest BCUT2D eigenvalue weighted by molar-refractivity contribution is 5.45. The van der Waals surface area contributed by atoms with E-state index in [1.54, 1.807) is 0 Å². The van der Waals surface area contributed by atoms with Gasteiger partial charge < -0.3 is 0 Å². The van der Waals surface area contributed by atoms with E-state index >= 15 is 0 Å². The van der Waals surface area contributed by atoms with Crippen molar-refractivity contribution >= 4 is 5.69 Å². The molecule has 0 radical (unpaired) electrons. The highest BCUT2D eigenvalue weighted by Gasteiger charge is 1.98. The van der Waals surface area contributed by atoms with Crippen LogP contribution >= 0.6 is 0 Å². The number of azide groups is 1.